The molecule has 0 bridgehead atoms. The van der Waals surface area contributed by atoms with E-state index in [0.717, 1.165) is 24.4 Å². The molecular formula is C24H30N8O9S2. The van der Waals surface area contributed by atoms with Gasteiger partial charge in [-0.2, -0.15) is 8.42 Å². The zero-order valence-electron chi connectivity index (χ0n) is 22.9. The minimum Gasteiger partial charge on any atom is -0.489 e. The van der Waals surface area contributed by atoms with E-state index < -0.39 is 58.6 Å². The Labute approximate surface area is 249 Å². The Hall–Kier alpha value is -4.33. The minimum absolute atomic E-state index is 0.0112. The molecule has 1 unspecified atom stereocenters. The highest BCUT2D eigenvalue weighted by Gasteiger charge is 2.51. The molecule has 0 aliphatic carbocycles. The maximum absolute atomic E-state index is 13.2. The molecule has 19 heteroatoms. The first kappa shape index (κ1) is 31.6. The Morgan fingerprint density at radius 3 is 2.51 bits per heavy atom. The molecule has 1 aromatic carbocycles. The molecule has 2 amide bonds. The molecule has 17 nitrogen and oxygen atoms in total. The van der Waals surface area contributed by atoms with Crippen molar-refractivity contribution in [3.63, 3.8) is 0 Å². The topological polar surface area (TPSA) is 259 Å². The van der Waals surface area contributed by atoms with Crippen LogP contribution in [0.15, 0.2) is 29.4 Å². The van der Waals surface area contributed by atoms with Crippen LogP contribution < -0.4 is 26.4 Å². The molecule has 0 spiro atoms. The second kappa shape index (κ2) is 12.9. The van der Waals surface area contributed by atoms with Gasteiger partial charge < -0.3 is 36.4 Å². The molecule has 2 aromatic rings. The number of nitrogens with one attached hydrogen (secondary N) is 4. The lowest BCUT2D eigenvalue weighted by Gasteiger charge is -2.42. The molecule has 0 radical (unpaired) electrons. The van der Waals surface area contributed by atoms with E-state index in [0.29, 0.717) is 22.6 Å². The zero-order valence-corrected chi connectivity index (χ0v) is 24.6. The molecular weight excluding hydrogens is 608 g/mol. The maximum Gasteiger partial charge on any atom is 0.362 e. The molecule has 2 saturated heterocycles. The summed E-state index contributed by atoms with van der Waals surface area (Å²) in [6, 6.07) is 4.14. The maximum atomic E-state index is 13.2. The molecule has 2 fully saturated rings. The summed E-state index contributed by atoms with van der Waals surface area (Å²) in [5, 5.41) is 30.2. The number of amides is 2. The number of anilines is 1. The third kappa shape index (κ3) is 7.19. The summed E-state index contributed by atoms with van der Waals surface area (Å²) in [5.41, 5.74) is 5.91. The first-order chi connectivity index (χ1) is 20.3. The van der Waals surface area contributed by atoms with Gasteiger partial charge in [-0.3, -0.25) is 19.6 Å². The Balaban J connectivity index is 1.47. The number of benzene rings is 1. The van der Waals surface area contributed by atoms with Gasteiger partial charge in [-0.1, -0.05) is 12.1 Å². The van der Waals surface area contributed by atoms with Gasteiger partial charge in [0, 0.05) is 23.5 Å². The molecule has 3 heterocycles. The van der Waals surface area contributed by atoms with Crippen LogP contribution in [0.4, 0.5) is 5.13 Å². The van der Waals surface area contributed by atoms with Crippen LogP contribution in [0.3, 0.4) is 0 Å². The summed E-state index contributed by atoms with van der Waals surface area (Å²) < 4.78 is 37.8. The number of rotatable bonds is 13. The largest absolute Gasteiger partial charge is 0.489 e. The summed E-state index contributed by atoms with van der Waals surface area (Å²) in [4.78, 5) is 47.3. The van der Waals surface area contributed by atoms with Crippen LogP contribution >= 0.6 is 11.3 Å². The number of β-lactam (4-membered cyclic amide) rings is 1. The number of hydrogen-bond donors (Lipinski definition) is 7. The van der Waals surface area contributed by atoms with Crippen LogP contribution in [0.25, 0.3) is 0 Å². The van der Waals surface area contributed by atoms with E-state index in [2.05, 4.69) is 26.1 Å². The second-order valence-corrected chi connectivity index (χ2v) is 12.0. The van der Waals surface area contributed by atoms with Crippen molar-refractivity contribution in [1.29, 1.82) is 5.41 Å². The fourth-order valence-electron chi connectivity index (χ4n) is 4.13. The van der Waals surface area contributed by atoms with E-state index in [1.807, 2.05) is 0 Å². The number of aromatic nitrogens is 1. The van der Waals surface area contributed by atoms with Crippen molar-refractivity contribution >= 4 is 56.1 Å². The van der Waals surface area contributed by atoms with E-state index in [1.165, 1.54) is 6.92 Å². The van der Waals surface area contributed by atoms with Crippen molar-refractivity contribution in [3.8, 4) is 5.75 Å². The summed E-state index contributed by atoms with van der Waals surface area (Å²) >= 11 is 1.06. The van der Waals surface area contributed by atoms with Crippen molar-refractivity contribution in [3.05, 3.63) is 40.4 Å². The second-order valence-electron chi connectivity index (χ2n) is 9.56. The van der Waals surface area contributed by atoms with Gasteiger partial charge in [-0.05, 0) is 37.6 Å². The number of nitrogen functional groups attached to an aromatic ring is 1. The van der Waals surface area contributed by atoms with Crippen molar-refractivity contribution < 1.29 is 42.0 Å². The molecule has 1 aromatic heterocycles. The van der Waals surface area contributed by atoms with E-state index in [9.17, 15) is 32.5 Å². The smallest absolute Gasteiger partial charge is 0.362 e. The van der Waals surface area contributed by atoms with Gasteiger partial charge in [0.15, 0.2) is 10.8 Å². The summed E-state index contributed by atoms with van der Waals surface area (Å²) in [7, 11) is -4.83. The Kier molecular flexibility index (Phi) is 9.48. The fourth-order valence-corrected chi connectivity index (χ4v) is 5.79. The number of nitrogens with two attached hydrogens (primary N) is 1. The number of ether oxygens (including phenoxy) is 1. The summed E-state index contributed by atoms with van der Waals surface area (Å²) in [6.07, 6.45) is -1.31. The van der Waals surface area contributed by atoms with Crippen molar-refractivity contribution in [1.82, 2.24) is 25.2 Å². The molecule has 0 saturated carbocycles. The molecule has 3 atom stereocenters. The number of aliphatic carboxylic acids is 1. The molecule has 8 N–H and O–H groups in total. The number of oxime groups is 1. The van der Waals surface area contributed by atoms with E-state index >= 15 is 0 Å². The van der Waals surface area contributed by atoms with Gasteiger partial charge in [0.1, 0.15) is 29.9 Å². The average Bonchev–Trinajstić information content (AvgIpc) is 3.30. The van der Waals surface area contributed by atoms with Crippen LogP contribution in [0.2, 0.25) is 0 Å². The number of hydrogen-bond acceptors (Lipinski definition) is 13. The monoisotopic (exact) mass is 638 g/mol. The van der Waals surface area contributed by atoms with Crippen LogP contribution in [-0.2, 0) is 35.9 Å². The number of carbonyl (C=O) groups excluding carboxylic acids is 2. The lowest BCUT2D eigenvalue weighted by atomic mass is 10.0. The quantitative estimate of drug-likeness (QED) is 0.0455. The fraction of sp³-hybridized carbons (Fsp3) is 0.417. The van der Waals surface area contributed by atoms with Crippen LogP contribution in [-0.4, -0.2) is 101 Å². The lowest BCUT2D eigenvalue weighted by molar-refractivity contribution is -0.152. The number of amidine groups is 1. The first-order valence-electron chi connectivity index (χ1n) is 12.9. The zero-order chi connectivity index (χ0) is 31.5. The molecule has 4 rings (SSSR count). The number of thiazole rings is 1. The van der Waals surface area contributed by atoms with Gasteiger partial charge in [0.05, 0.1) is 12.1 Å². The minimum atomic E-state index is -4.83. The Bertz CT molecular complexity index is 1540. The van der Waals surface area contributed by atoms with Crippen molar-refractivity contribution in [2.24, 2.45) is 5.16 Å². The SMILES string of the molecule is CCc1sc(N)nc1/C(=N/OC(COc1ccc(C(=N)NC2CNC2)cc1)C(=O)O)C(=O)N[C@@H]1C(=O)N(S(=O)(=O)O)[C@H]1C. The van der Waals surface area contributed by atoms with E-state index in [1.54, 1.807) is 31.2 Å². The highest BCUT2D eigenvalue weighted by atomic mass is 32.2. The van der Waals surface area contributed by atoms with Gasteiger partial charge in [0.25, 0.3) is 17.9 Å². The van der Waals surface area contributed by atoms with Gasteiger partial charge in [-0.25, -0.2) is 14.1 Å². The van der Waals surface area contributed by atoms with Gasteiger partial charge >= 0.3 is 16.3 Å². The highest BCUT2D eigenvalue weighted by Crippen LogP contribution is 2.25. The predicted octanol–water partition coefficient (Wildman–Crippen LogP) is -1.05. The van der Waals surface area contributed by atoms with Gasteiger partial charge in [-0.15, -0.1) is 11.3 Å². The molecule has 2 aliphatic rings. The van der Waals surface area contributed by atoms with Crippen LogP contribution in [0, 0.1) is 5.41 Å². The van der Waals surface area contributed by atoms with E-state index in [-0.39, 0.29) is 27.0 Å². The summed E-state index contributed by atoms with van der Waals surface area (Å²) in [6.45, 7) is 4.08. The standard InChI is InChI=1S/C24H30N8O9S2/c1-3-16-18(30-24(26)42-16)19(21(33)29-17-11(2)32(22(17)34)43(37,38)39)31-41-15(23(35)36)10-40-14-6-4-12(5-7-14)20(25)28-13-8-27-9-13/h4-7,11,13,15,17,27H,3,8-10H2,1-2H3,(H2,25,28)(H2,26,30)(H,29,33)(H,35,36)(H,37,38,39)/b31-19-/t11-,15?,17-/m0/s1. The third-order valence-electron chi connectivity index (χ3n) is 6.57. The van der Waals surface area contributed by atoms with Crippen LogP contribution in [0.5, 0.6) is 5.75 Å². The molecule has 232 valence electrons. The van der Waals surface area contributed by atoms with Crippen LogP contribution in [0.1, 0.15) is 30.0 Å². The Morgan fingerprint density at radius 2 is 1.98 bits per heavy atom. The number of carbonyl (C=O) groups is 3. The Morgan fingerprint density at radius 1 is 1.30 bits per heavy atom. The van der Waals surface area contributed by atoms with Crippen molar-refractivity contribution in [2.45, 2.75) is 44.5 Å². The lowest BCUT2D eigenvalue weighted by Crippen LogP contribution is -2.71. The molecule has 43 heavy (non-hydrogen) atoms. The number of aryl methyl sites for hydroxylation is 1. The van der Waals surface area contributed by atoms with Gasteiger partial charge in [0.2, 0.25) is 0 Å². The van der Waals surface area contributed by atoms with Crippen molar-refractivity contribution in [2.75, 3.05) is 25.4 Å². The summed E-state index contributed by atoms with van der Waals surface area (Å²) in [5.74, 6) is -3.02. The number of carboxylic acid groups (broad SMARTS) is 1. The average molecular weight is 639 g/mol. The highest BCUT2D eigenvalue weighted by molar-refractivity contribution is 7.84. The molecule has 2 aliphatic heterocycles. The predicted molar refractivity (Wildman–Crippen MR) is 153 cm³/mol. The normalized spacial score (nSPS) is 19.6. The first-order valence-corrected chi connectivity index (χ1v) is 15.1. The third-order valence-corrected chi connectivity index (χ3v) is 8.60. The number of carboxylic acids is 1. The van der Waals surface area contributed by atoms with E-state index in [4.69, 9.17) is 20.7 Å². The number of nitrogens with zero attached hydrogens (tertiary/aromatic N) is 3.